The molecule has 1 aliphatic rings. The highest BCUT2D eigenvalue weighted by atomic mass is 16.6. The van der Waals surface area contributed by atoms with Gasteiger partial charge in [-0.05, 0) is 26.8 Å². The molecular weight excluding hydrogens is 176 g/mol. The summed E-state index contributed by atoms with van der Waals surface area (Å²) in [5, 5.41) is 0. The van der Waals surface area contributed by atoms with E-state index in [1.165, 1.54) is 0 Å². The van der Waals surface area contributed by atoms with Crippen molar-refractivity contribution < 1.29 is 9.47 Å². The van der Waals surface area contributed by atoms with Gasteiger partial charge in [0.1, 0.15) is 11.4 Å². The molecule has 1 aliphatic heterocycles. The fourth-order valence-corrected chi connectivity index (χ4v) is 1.52. The van der Waals surface area contributed by atoms with Crippen molar-refractivity contribution in [2.75, 3.05) is 6.61 Å². The summed E-state index contributed by atoms with van der Waals surface area (Å²) < 4.78 is 11.2. The van der Waals surface area contributed by atoms with Gasteiger partial charge in [-0.1, -0.05) is 18.2 Å². The van der Waals surface area contributed by atoms with E-state index in [-0.39, 0.29) is 11.7 Å². The molecule has 0 radical (unpaired) electrons. The summed E-state index contributed by atoms with van der Waals surface area (Å²) in [5.41, 5.74) is 1.06. The van der Waals surface area contributed by atoms with Crippen molar-refractivity contribution >= 4 is 0 Å². The Balaban J connectivity index is 2.29. The lowest BCUT2D eigenvalue weighted by molar-refractivity contribution is 0.231. The quantitative estimate of drug-likeness (QED) is 0.687. The molecular formula is C12H16O2. The van der Waals surface area contributed by atoms with E-state index in [2.05, 4.69) is 13.0 Å². The van der Waals surface area contributed by atoms with Gasteiger partial charge in [0.15, 0.2) is 0 Å². The standard InChI is InChI=1S/C12H16O2/c1-9(2)14-11-7-5-4-6-10(11)12(3)8-13-12/h4-7,9H,8H2,1-3H3. The molecule has 0 amide bonds. The molecule has 0 bridgehead atoms. The van der Waals surface area contributed by atoms with E-state index in [4.69, 9.17) is 9.47 Å². The predicted octanol–water partition coefficient (Wildman–Crippen LogP) is 2.72. The van der Waals surface area contributed by atoms with Gasteiger partial charge in [0, 0.05) is 5.56 Å². The van der Waals surface area contributed by atoms with Gasteiger partial charge < -0.3 is 9.47 Å². The zero-order valence-electron chi connectivity index (χ0n) is 8.91. The molecule has 0 spiro atoms. The smallest absolute Gasteiger partial charge is 0.125 e. The van der Waals surface area contributed by atoms with Gasteiger partial charge in [-0.25, -0.2) is 0 Å². The topological polar surface area (TPSA) is 21.8 Å². The Labute approximate surface area is 84.8 Å². The summed E-state index contributed by atoms with van der Waals surface area (Å²) >= 11 is 0. The third kappa shape index (κ3) is 1.75. The summed E-state index contributed by atoms with van der Waals surface area (Å²) in [6.07, 6.45) is 0.207. The monoisotopic (exact) mass is 192 g/mol. The maximum absolute atomic E-state index is 5.73. The lowest BCUT2D eigenvalue weighted by Gasteiger charge is -2.15. The fourth-order valence-electron chi connectivity index (χ4n) is 1.52. The van der Waals surface area contributed by atoms with Gasteiger partial charge in [-0.2, -0.15) is 0 Å². The minimum Gasteiger partial charge on any atom is -0.491 e. The first-order chi connectivity index (χ1) is 6.62. The summed E-state index contributed by atoms with van der Waals surface area (Å²) in [7, 11) is 0. The summed E-state index contributed by atoms with van der Waals surface area (Å²) in [5.74, 6) is 0.947. The van der Waals surface area contributed by atoms with Crippen LogP contribution < -0.4 is 4.74 Å². The molecule has 1 aromatic rings. The molecule has 76 valence electrons. The number of rotatable bonds is 3. The minimum absolute atomic E-state index is 0.106. The molecule has 1 atom stereocenters. The van der Waals surface area contributed by atoms with E-state index in [9.17, 15) is 0 Å². The van der Waals surface area contributed by atoms with Crippen LogP contribution in [-0.4, -0.2) is 12.7 Å². The lowest BCUT2D eigenvalue weighted by atomic mass is 10.0. The second kappa shape index (κ2) is 3.28. The van der Waals surface area contributed by atoms with Crippen LogP contribution in [0.25, 0.3) is 0 Å². The lowest BCUT2D eigenvalue weighted by Crippen LogP contribution is -2.11. The highest BCUT2D eigenvalue weighted by Crippen LogP contribution is 2.42. The van der Waals surface area contributed by atoms with Crippen molar-refractivity contribution in [3.8, 4) is 5.75 Å². The maximum Gasteiger partial charge on any atom is 0.125 e. The second-order valence-electron chi connectivity index (χ2n) is 4.18. The van der Waals surface area contributed by atoms with Crippen molar-refractivity contribution in [1.82, 2.24) is 0 Å². The number of epoxide rings is 1. The Morgan fingerprint density at radius 3 is 2.57 bits per heavy atom. The largest absolute Gasteiger partial charge is 0.491 e. The molecule has 2 heteroatoms. The number of para-hydroxylation sites is 1. The first-order valence-electron chi connectivity index (χ1n) is 5.02. The molecule has 1 fully saturated rings. The van der Waals surface area contributed by atoms with Crippen molar-refractivity contribution in [2.24, 2.45) is 0 Å². The van der Waals surface area contributed by atoms with Crippen LogP contribution in [0.4, 0.5) is 0 Å². The van der Waals surface area contributed by atoms with Gasteiger partial charge in [0.25, 0.3) is 0 Å². The fraction of sp³-hybridized carbons (Fsp3) is 0.500. The number of ether oxygens (including phenoxy) is 2. The van der Waals surface area contributed by atoms with Crippen LogP contribution in [0, 0.1) is 0 Å². The summed E-state index contributed by atoms with van der Waals surface area (Å²) in [6.45, 7) is 6.96. The molecule has 1 unspecified atom stereocenters. The van der Waals surface area contributed by atoms with E-state index in [1.807, 2.05) is 32.0 Å². The van der Waals surface area contributed by atoms with E-state index < -0.39 is 0 Å². The van der Waals surface area contributed by atoms with Crippen LogP contribution in [0.2, 0.25) is 0 Å². The van der Waals surface area contributed by atoms with Gasteiger partial charge in [0.2, 0.25) is 0 Å². The zero-order valence-corrected chi connectivity index (χ0v) is 8.91. The third-order valence-corrected chi connectivity index (χ3v) is 2.40. The Morgan fingerprint density at radius 1 is 1.36 bits per heavy atom. The van der Waals surface area contributed by atoms with Gasteiger partial charge in [0.05, 0.1) is 12.7 Å². The summed E-state index contributed by atoms with van der Waals surface area (Å²) in [6, 6.07) is 8.09. The second-order valence-corrected chi connectivity index (χ2v) is 4.18. The number of hydrogen-bond acceptors (Lipinski definition) is 2. The van der Waals surface area contributed by atoms with Crippen LogP contribution in [-0.2, 0) is 10.3 Å². The Morgan fingerprint density at radius 2 is 2.00 bits per heavy atom. The van der Waals surface area contributed by atoms with Crippen molar-refractivity contribution in [2.45, 2.75) is 32.5 Å². The molecule has 0 aliphatic carbocycles. The molecule has 2 rings (SSSR count). The van der Waals surface area contributed by atoms with Crippen molar-refractivity contribution in [3.63, 3.8) is 0 Å². The maximum atomic E-state index is 5.73. The normalized spacial score (nSPS) is 25.1. The van der Waals surface area contributed by atoms with E-state index >= 15 is 0 Å². The molecule has 0 saturated carbocycles. The van der Waals surface area contributed by atoms with Crippen molar-refractivity contribution in [3.05, 3.63) is 29.8 Å². The number of benzene rings is 1. The van der Waals surface area contributed by atoms with E-state index in [1.54, 1.807) is 0 Å². The SMILES string of the molecule is CC(C)Oc1ccccc1C1(C)CO1. The van der Waals surface area contributed by atoms with Crippen LogP contribution in [0.1, 0.15) is 26.3 Å². The molecule has 0 aromatic heterocycles. The molecule has 2 nitrogen and oxygen atoms in total. The molecule has 1 saturated heterocycles. The van der Waals surface area contributed by atoms with E-state index in [0.717, 1.165) is 17.9 Å². The Hall–Kier alpha value is -1.02. The molecule has 1 heterocycles. The zero-order chi connectivity index (χ0) is 10.2. The molecule has 14 heavy (non-hydrogen) atoms. The Bertz CT molecular complexity index is 327. The third-order valence-electron chi connectivity index (χ3n) is 2.40. The van der Waals surface area contributed by atoms with Gasteiger partial charge in [-0.15, -0.1) is 0 Å². The predicted molar refractivity (Wildman–Crippen MR) is 55.5 cm³/mol. The van der Waals surface area contributed by atoms with Crippen LogP contribution in [0.3, 0.4) is 0 Å². The van der Waals surface area contributed by atoms with Gasteiger partial charge >= 0.3 is 0 Å². The van der Waals surface area contributed by atoms with E-state index in [0.29, 0.717) is 0 Å². The minimum atomic E-state index is -0.106. The average molecular weight is 192 g/mol. The molecule has 1 aromatic carbocycles. The van der Waals surface area contributed by atoms with Crippen LogP contribution >= 0.6 is 0 Å². The van der Waals surface area contributed by atoms with Gasteiger partial charge in [-0.3, -0.25) is 0 Å². The highest BCUT2D eigenvalue weighted by molar-refractivity contribution is 5.40. The molecule has 0 N–H and O–H groups in total. The van der Waals surface area contributed by atoms with Crippen LogP contribution in [0.5, 0.6) is 5.75 Å². The highest BCUT2D eigenvalue weighted by Gasteiger charge is 2.43. The Kier molecular flexibility index (Phi) is 2.23. The van der Waals surface area contributed by atoms with Crippen LogP contribution in [0.15, 0.2) is 24.3 Å². The summed E-state index contributed by atoms with van der Waals surface area (Å²) in [4.78, 5) is 0. The first-order valence-corrected chi connectivity index (χ1v) is 5.02. The first kappa shape index (κ1) is 9.53. The average Bonchev–Trinajstić information content (AvgIpc) is 2.84. The number of hydrogen-bond donors (Lipinski definition) is 0. The van der Waals surface area contributed by atoms with Crippen molar-refractivity contribution in [1.29, 1.82) is 0 Å².